The molecule has 0 aliphatic carbocycles. The van der Waals surface area contributed by atoms with Crippen molar-refractivity contribution in [1.82, 2.24) is 4.90 Å². The van der Waals surface area contributed by atoms with E-state index in [1.54, 1.807) is 43.1 Å². The first-order valence-corrected chi connectivity index (χ1v) is 11.7. The Morgan fingerprint density at radius 3 is 2.40 bits per heavy atom. The number of hydrogen-bond donors (Lipinski definition) is 0. The Labute approximate surface area is 207 Å². The molecule has 35 heavy (non-hydrogen) atoms. The summed E-state index contributed by atoms with van der Waals surface area (Å²) in [4.78, 5) is 29.6. The summed E-state index contributed by atoms with van der Waals surface area (Å²) < 4.78 is 22.0. The number of carbonyl (C=O) groups is 2. The summed E-state index contributed by atoms with van der Waals surface area (Å²) >= 11 is 0. The minimum atomic E-state index is -0.465. The zero-order chi connectivity index (χ0) is 25.4. The van der Waals surface area contributed by atoms with Gasteiger partial charge in [-0.2, -0.15) is 0 Å². The molecule has 0 radical (unpaired) electrons. The fraction of sp³-hybridized carbons (Fsp3) is 0.407. The van der Waals surface area contributed by atoms with Crippen LogP contribution in [0.2, 0.25) is 0 Å². The normalized spacial score (nSPS) is 17.0. The van der Waals surface area contributed by atoms with Gasteiger partial charge in [0.1, 0.15) is 6.61 Å². The van der Waals surface area contributed by atoms with Crippen LogP contribution >= 0.6 is 0 Å². The lowest BCUT2D eigenvalue weighted by atomic mass is 9.90. The molecular weight excluding hydrogens is 448 g/mol. The standard InChI is InChI=1S/C27H34N2O6/c1-6-8-14-35-27(31)29-19(3)15-22(21-16-24(32-4)25(33-5)17-23(21)29)28(26(30)34-7-2)18-20-12-10-9-11-13-20/h6,8-13,16-17,19,22H,7,14-15,18H2,1-5H3/t19-,22+/m1/s1. The van der Waals surface area contributed by atoms with Gasteiger partial charge < -0.3 is 18.9 Å². The number of amides is 2. The van der Waals surface area contributed by atoms with E-state index in [0.717, 1.165) is 11.1 Å². The van der Waals surface area contributed by atoms with Crippen molar-refractivity contribution in [2.24, 2.45) is 0 Å². The summed E-state index contributed by atoms with van der Waals surface area (Å²) in [6.07, 6.45) is 3.21. The monoisotopic (exact) mass is 482 g/mol. The van der Waals surface area contributed by atoms with E-state index >= 15 is 0 Å². The van der Waals surface area contributed by atoms with E-state index in [1.807, 2.05) is 56.3 Å². The fourth-order valence-electron chi connectivity index (χ4n) is 4.30. The minimum absolute atomic E-state index is 0.174. The number of carbonyl (C=O) groups excluding carboxylic acids is 2. The molecule has 0 N–H and O–H groups in total. The second kappa shape index (κ2) is 12.1. The topological polar surface area (TPSA) is 77.5 Å². The fourth-order valence-corrected chi connectivity index (χ4v) is 4.30. The van der Waals surface area contributed by atoms with Crippen molar-refractivity contribution < 1.29 is 28.5 Å². The third-order valence-electron chi connectivity index (χ3n) is 5.97. The summed E-state index contributed by atoms with van der Waals surface area (Å²) in [6.45, 7) is 6.38. The predicted molar refractivity (Wildman–Crippen MR) is 134 cm³/mol. The molecule has 0 spiro atoms. The second-order valence-corrected chi connectivity index (χ2v) is 8.19. The molecule has 8 heteroatoms. The maximum absolute atomic E-state index is 13.2. The van der Waals surface area contributed by atoms with Crippen LogP contribution in [0.3, 0.4) is 0 Å². The van der Waals surface area contributed by atoms with Crippen LogP contribution in [0.15, 0.2) is 54.6 Å². The van der Waals surface area contributed by atoms with Gasteiger partial charge in [0.25, 0.3) is 0 Å². The Hall–Kier alpha value is -3.68. The van der Waals surface area contributed by atoms with E-state index in [9.17, 15) is 9.59 Å². The molecule has 0 bridgehead atoms. The predicted octanol–water partition coefficient (Wildman–Crippen LogP) is 5.71. The van der Waals surface area contributed by atoms with E-state index in [0.29, 0.717) is 30.2 Å². The van der Waals surface area contributed by atoms with Crippen molar-refractivity contribution in [3.63, 3.8) is 0 Å². The average Bonchev–Trinajstić information content (AvgIpc) is 2.86. The molecule has 2 amide bonds. The summed E-state index contributed by atoms with van der Waals surface area (Å²) in [6, 6.07) is 12.7. The summed E-state index contributed by atoms with van der Waals surface area (Å²) in [5.74, 6) is 0.993. The number of benzene rings is 2. The lowest BCUT2D eigenvalue weighted by molar-refractivity contribution is 0.0809. The molecule has 3 rings (SSSR count). The van der Waals surface area contributed by atoms with Gasteiger partial charge in [-0.25, -0.2) is 9.59 Å². The van der Waals surface area contributed by atoms with Crippen molar-refractivity contribution in [3.8, 4) is 11.5 Å². The number of nitrogens with zero attached hydrogens (tertiary/aromatic N) is 2. The molecule has 1 aliphatic heterocycles. The maximum atomic E-state index is 13.2. The van der Waals surface area contributed by atoms with Crippen LogP contribution in [0, 0.1) is 0 Å². The molecule has 0 fully saturated rings. The molecule has 8 nitrogen and oxygen atoms in total. The molecule has 0 saturated heterocycles. The first-order chi connectivity index (χ1) is 16.9. The van der Waals surface area contributed by atoms with Gasteiger partial charge in [-0.15, -0.1) is 0 Å². The zero-order valence-corrected chi connectivity index (χ0v) is 21.0. The molecule has 2 aromatic rings. The molecule has 0 aromatic heterocycles. The maximum Gasteiger partial charge on any atom is 0.414 e. The lowest BCUT2D eigenvalue weighted by Crippen LogP contribution is -2.47. The number of ether oxygens (including phenoxy) is 4. The number of allylic oxidation sites excluding steroid dienone is 1. The van der Waals surface area contributed by atoms with E-state index in [1.165, 1.54) is 0 Å². The highest BCUT2D eigenvalue weighted by molar-refractivity contribution is 5.91. The van der Waals surface area contributed by atoms with Gasteiger partial charge in [-0.1, -0.05) is 42.5 Å². The van der Waals surface area contributed by atoms with Gasteiger partial charge in [0, 0.05) is 24.2 Å². The Morgan fingerprint density at radius 2 is 1.77 bits per heavy atom. The van der Waals surface area contributed by atoms with Crippen LogP contribution in [0.25, 0.3) is 0 Å². The first-order valence-electron chi connectivity index (χ1n) is 11.7. The van der Waals surface area contributed by atoms with Gasteiger partial charge in [-0.3, -0.25) is 9.80 Å². The Kier molecular flexibility index (Phi) is 9.00. The number of anilines is 1. The number of hydrogen-bond acceptors (Lipinski definition) is 6. The van der Waals surface area contributed by atoms with Crippen LogP contribution in [-0.2, 0) is 16.0 Å². The lowest BCUT2D eigenvalue weighted by Gasteiger charge is -2.42. The minimum Gasteiger partial charge on any atom is -0.493 e. The van der Waals surface area contributed by atoms with Gasteiger partial charge in [0.2, 0.25) is 0 Å². The summed E-state index contributed by atoms with van der Waals surface area (Å²) in [5.41, 5.74) is 2.34. The Bertz CT molecular complexity index is 1040. The molecule has 2 atom stereocenters. The van der Waals surface area contributed by atoms with Gasteiger partial charge in [0.15, 0.2) is 11.5 Å². The Balaban J connectivity index is 2.10. The van der Waals surface area contributed by atoms with Crippen molar-refractivity contribution in [2.45, 2.75) is 45.8 Å². The number of methoxy groups -OCH3 is 2. The third kappa shape index (κ3) is 5.88. The average molecular weight is 483 g/mol. The molecule has 1 heterocycles. The van der Waals surface area contributed by atoms with Gasteiger partial charge >= 0.3 is 12.2 Å². The molecule has 0 saturated carbocycles. The SMILES string of the molecule is CC=CCOC(=O)N1c2cc(OC)c(OC)cc2[C@@H](N(Cc2ccccc2)C(=O)OCC)C[C@H]1C. The van der Waals surface area contributed by atoms with Crippen LogP contribution < -0.4 is 14.4 Å². The molecule has 2 aromatic carbocycles. The van der Waals surface area contributed by atoms with E-state index < -0.39 is 12.2 Å². The zero-order valence-electron chi connectivity index (χ0n) is 21.0. The second-order valence-electron chi connectivity index (χ2n) is 8.19. The van der Waals surface area contributed by atoms with Gasteiger partial charge in [0.05, 0.1) is 32.6 Å². The van der Waals surface area contributed by atoms with Crippen molar-refractivity contribution in [1.29, 1.82) is 0 Å². The van der Waals surface area contributed by atoms with Gasteiger partial charge in [-0.05, 0) is 38.8 Å². The van der Waals surface area contributed by atoms with Crippen LogP contribution in [0.1, 0.15) is 44.4 Å². The van der Waals surface area contributed by atoms with Crippen LogP contribution in [0.5, 0.6) is 11.5 Å². The largest absolute Gasteiger partial charge is 0.493 e. The van der Waals surface area contributed by atoms with E-state index in [4.69, 9.17) is 18.9 Å². The first kappa shape index (κ1) is 25.9. The third-order valence-corrected chi connectivity index (χ3v) is 5.97. The smallest absolute Gasteiger partial charge is 0.414 e. The highest BCUT2D eigenvalue weighted by atomic mass is 16.6. The molecule has 188 valence electrons. The number of fused-ring (bicyclic) bond motifs is 1. The summed E-state index contributed by atoms with van der Waals surface area (Å²) in [7, 11) is 3.10. The quantitative estimate of drug-likeness (QED) is 0.448. The Morgan fingerprint density at radius 1 is 1.09 bits per heavy atom. The van der Waals surface area contributed by atoms with Crippen molar-refractivity contribution in [2.75, 3.05) is 32.3 Å². The molecule has 1 aliphatic rings. The molecule has 0 unspecified atom stereocenters. The van der Waals surface area contributed by atoms with Crippen molar-refractivity contribution in [3.05, 3.63) is 65.7 Å². The molecular formula is C27H34N2O6. The number of rotatable bonds is 8. The van der Waals surface area contributed by atoms with E-state index in [2.05, 4.69) is 0 Å². The summed E-state index contributed by atoms with van der Waals surface area (Å²) in [5, 5.41) is 0. The van der Waals surface area contributed by atoms with Crippen LogP contribution in [-0.4, -0.2) is 50.6 Å². The van der Waals surface area contributed by atoms with Crippen molar-refractivity contribution >= 4 is 17.9 Å². The van der Waals surface area contributed by atoms with E-state index in [-0.39, 0.29) is 25.3 Å². The highest BCUT2D eigenvalue weighted by Crippen LogP contribution is 2.46. The van der Waals surface area contributed by atoms with Crippen LogP contribution in [0.4, 0.5) is 15.3 Å². The highest BCUT2D eigenvalue weighted by Gasteiger charge is 2.40.